The summed E-state index contributed by atoms with van der Waals surface area (Å²) in [5.74, 6) is -0.178. The number of halogens is 1. The first-order chi connectivity index (χ1) is 10.6. The van der Waals surface area contributed by atoms with Gasteiger partial charge in [-0.15, -0.1) is 0 Å². The highest BCUT2D eigenvalue weighted by atomic mass is 19.1. The number of nitrogens with zero attached hydrogens (tertiary/aromatic N) is 3. The predicted molar refractivity (Wildman–Crippen MR) is 86.2 cm³/mol. The van der Waals surface area contributed by atoms with Crippen molar-refractivity contribution in [2.45, 2.75) is 38.6 Å². The van der Waals surface area contributed by atoms with Gasteiger partial charge in [0.15, 0.2) is 0 Å². The summed E-state index contributed by atoms with van der Waals surface area (Å²) in [5, 5.41) is 9.36. The number of benzene rings is 1. The average molecular weight is 301 g/mol. The van der Waals surface area contributed by atoms with Gasteiger partial charge in [-0.3, -0.25) is 4.90 Å². The molecule has 0 bridgehead atoms. The van der Waals surface area contributed by atoms with Crippen molar-refractivity contribution in [2.24, 2.45) is 5.41 Å². The molecule has 0 aliphatic carbocycles. The van der Waals surface area contributed by atoms with Gasteiger partial charge in [-0.05, 0) is 63.4 Å². The van der Waals surface area contributed by atoms with E-state index in [1.807, 2.05) is 12.1 Å². The molecule has 3 nitrogen and oxygen atoms in total. The lowest BCUT2D eigenvalue weighted by atomic mass is 9.82. The fraction of sp³-hybridized carbons (Fsp3) is 0.611. The zero-order chi connectivity index (χ0) is 15.6. The minimum absolute atomic E-state index is 0.174. The van der Waals surface area contributed by atoms with Crippen molar-refractivity contribution in [3.63, 3.8) is 0 Å². The molecule has 2 saturated heterocycles. The third kappa shape index (κ3) is 3.25. The summed E-state index contributed by atoms with van der Waals surface area (Å²) in [6.07, 6.45) is 4.40. The number of anilines is 1. The van der Waals surface area contributed by atoms with E-state index in [-0.39, 0.29) is 11.2 Å². The quantitative estimate of drug-likeness (QED) is 0.838. The molecule has 1 atom stereocenters. The molecule has 0 unspecified atom stereocenters. The van der Waals surface area contributed by atoms with Crippen LogP contribution in [0.3, 0.4) is 0 Å². The summed E-state index contributed by atoms with van der Waals surface area (Å²) in [4.78, 5) is 4.86. The van der Waals surface area contributed by atoms with Crippen LogP contribution in [-0.4, -0.2) is 37.1 Å². The third-order valence-corrected chi connectivity index (χ3v) is 5.17. The number of likely N-dealkylation sites (tertiary alicyclic amines) is 1. The lowest BCUT2D eigenvalue weighted by Crippen LogP contribution is -2.50. The van der Waals surface area contributed by atoms with Crippen LogP contribution in [0, 0.1) is 22.6 Å². The monoisotopic (exact) mass is 301 g/mol. The Morgan fingerprint density at radius 2 is 1.86 bits per heavy atom. The molecule has 0 radical (unpaired) electrons. The van der Waals surface area contributed by atoms with Crippen LogP contribution in [0.5, 0.6) is 0 Å². The van der Waals surface area contributed by atoms with Crippen LogP contribution in [0.4, 0.5) is 10.1 Å². The number of rotatable bonds is 2. The Morgan fingerprint density at radius 1 is 1.18 bits per heavy atom. The Bertz CT molecular complexity index is 542. The molecule has 4 heteroatoms. The molecular formula is C18H24FN3. The summed E-state index contributed by atoms with van der Waals surface area (Å²) in [6.45, 7) is 6.14. The summed E-state index contributed by atoms with van der Waals surface area (Å²) in [6, 6.07) is 9.88. The van der Waals surface area contributed by atoms with Gasteiger partial charge in [0, 0.05) is 31.4 Å². The largest absolute Gasteiger partial charge is 0.371 e. The molecule has 118 valence electrons. The summed E-state index contributed by atoms with van der Waals surface area (Å²) >= 11 is 0. The van der Waals surface area contributed by atoms with Crippen molar-refractivity contribution in [1.29, 1.82) is 5.26 Å². The molecule has 22 heavy (non-hydrogen) atoms. The van der Waals surface area contributed by atoms with E-state index in [1.165, 1.54) is 12.1 Å². The van der Waals surface area contributed by atoms with Crippen molar-refractivity contribution in [3.05, 3.63) is 30.1 Å². The second kappa shape index (κ2) is 6.26. The van der Waals surface area contributed by atoms with E-state index in [0.717, 1.165) is 57.5 Å². The van der Waals surface area contributed by atoms with Crippen molar-refractivity contribution < 1.29 is 4.39 Å². The maximum absolute atomic E-state index is 13.0. The number of piperidine rings is 2. The van der Waals surface area contributed by atoms with E-state index in [1.54, 1.807) is 0 Å². The topological polar surface area (TPSA) is 30.3 Å². The second-order valence-electron chi connectivity index (χ2n) is 6.94. The summed E-state index contributed by atoms with van der Waals surface area (Å²) in [7, 11) is 0. The SMILES string of the molecule is C[C@@]1(C#N)CCCN(C2CCN(c3ccc(F)cc3)CC2)C1. The van der Waals surface area contributed by atoms with Crippen LogP contribution in [0.1, 0.15) is 32.6 Å². The highest BCUT2D eigenvalue weighted by molar-refractivity contribution is 5.46. The van der Waals surface area contributed by atoms with Gasteiger partial charge >= 0.3 is 0 Å². The van der Waals surface area contributed by atoms with Crippen LogP contribution in [-0.2, 0) is 0 Å². The lowest BCUT2D eigenvalue weighted by molar-refractivity contribution is 0.0852. The van der Waals surface area contributed by atoms with Crippen molar-refractivity contribution in [1.82, 2.24) is 4.90 Å². The van der Waals surface area contributed by atoms with Crippen LogP contribution in [0.25, 0.3) is 0 Å². The molecule has 1 aromatic rings. The smallest absolute Gasteiger partial charge is 0.123 e. The first-order valence-corrected chi connectivity index (χ1v) is 8.25. The van der Waals surface area contributed by atoms with E-state index in [9.17, 15) is 9.65 Å². The van der Waals surface area contributed by atoms with Gasteiger partial charge in [-0.25, -0.2) is 4.39 Å². The van der Waals surface area contributed by atoms with Gasteiger partial charge < -0.3 is 4.90 Å². The van der Waals surface area contributed by atoms with E-state index in [4.69, 9.17) is 0 Å². The second-order valence-corrected chi connectivity index (χ2v) is 6.94. The van der Waals surface area contributed by atoms with Crippen LogP contribution >= 0.6 is 0 Å². The highest BCUT2D eigenvalue weighted by Crippen LogP contribution is 2.32. The van der Waals surface area contributed by atoms with E-state index in [2.05, 4.69) is 22.8 Å². The number of hydrogen-bond donors (Lipinski definition) is 0. The molecule has 0 amide bonds. The molecule has 2 aliphatic rings. The molecule has 2 heterocycles. The molecule has 0 aromatic heterocycles. The Balaban J connectivity index is 1.58. The van der Waals surface area contributed by atoms with Crippen molar-refractivity contribution in [2.75, 3.05) is 31.1 Å². The Hall–Kier alpha value is -1.60. The molecule has 2 aliphatic heterocycles. The Kier molecular flexibility index (Phi) is 4.35. The molecule has 0 spiro atoms. The fourth-order valence-corrected chi connectivity index (χ4v) is 3.82. The van der Waals surface area contributed by atoms with Crippen LogP contribution in [0.2, 0.25) is 0 Å². The maximum atomic E-state index is 13.0. The standard InChI is InChI=1S/C18H24FN3/c1-18(13-20)9-2-10-22(14-18)17-7-11-21(12-8-17)16-5-3-15(19)4-6-16/h3-6,17H,2,7-12,14H2,1H3/t18-/m0/s1. The predicted octanol–water partition coefficient (Wildman–Crippen LogP) is 3.42. The third-order valence-electron chi connectivity index (χ3n) is 5.17. The normalized spacial score (nSPS) is 27.6. The molecule has 0 N–H and O–H groups in total. The Morgan fingerprint density at radius 3 is 2.50 bits per heavy atom. The molecular weight excluding hydrogens is 277 g/mol. The van der Waals surface area contributed by atoms with E-state index in [0.29, 0.717) is 6.04 Å². The minimum atomic E-state index is -0.178. The van der Waals surface area contributed by atoms with Gasteiger partial charge in [0.2, 0.25) is 0 Å². The van der Waals surface area contributed by atoms with Crippen LogP contribution < -0.4 is 4.90 Å². The lowest BCUT2D eigenvalue weighted by Gasteiger charge is -2.44. The number of hydrogen-bond acceptors (Lipinski definition) is 3. The van der Waals surface area contributed by atoms with Crippen LogP contribution in [0.15, 0.2) is 24.3 Å². The summed E-state index contributed by atoms with van der Waals surface area (Å²) < 4.78 is 13.0. The average Bonchev–Trinajstić information content (AvgIpc) is 2.56. The Labute approximate surface area is 132 Å². The van der Waals surface area contributed by atoms with Gasteiger partial charge in [-0.1, -0.05) is 0 Å². The fourth-order valence-electron chi connectivity index (χ4n) is 3.82. The van der Waals surface area contributed by atoms with Gasteiger partial charge in [0.1, 0.15) is 5.82 Å². The molecule has 3 rings (SSSR count). The zero-order valence-corrected chi connectivity index (χ0v) is 13.3. The van der Waals surface area contributed by atoms with Gasteiger partial charge in [0.25, 0.3) is 0 Å². The molecule has 1 aromatic carbocycles. The van der Waals surface area contributed by atoms with Crippen molar-refractivity contribution >= 4 is 5.69 Å². The van der Waals surface area contributed by atoms with E-state index < -0.39 is 0 Å². The minimum Gasteiger partial charge on any atom is -0.371 e. The molecule has 0 saturated carbocycles. The van der Waals surface area contributed by atoms with Gasteiger partial charge in [-0.2, -0.15) is 5.26 Å². The first-order valence-electron chi connectivity index (χ1n) is 8.25. The maximum Gasteiger partial charge on any atom is 0.123 e. The van der Waals surface area contributed by atoms with Gasteiger partial charge in [0.05, 0.1) is 11.5 Å². The molecule has 2 fully saturated rings. The summed E-state index contributed by atoms with van der Waals surface area (Å²) in [5.41, 5.74) is 0.937. The van der Waals surface area contributed by atoms with Crippen molar-refractivity contribution in [3.8, 4) is 6.07 Å². The zero-order valence-electron chi connectivity index (χ0n) is 13.3. The first kappa shape index (κ1) is 15.3. The highest BCUT2D eigenvalue weighted by Gasteiger charge is 2.35. The van der Waals surface area contributed by atoms with E-state index >= 15 is 0 Å². The number of nitriles is 1.